The fourth-order valence-corrected chi connectivity index (χ4v) is 2.45. The highest BCUT2D eigenvalue weighted by molar-refractivity contribution is 5.76. The van der Waals surface area contributed by atoms with Crippen LogP contribution in [0.3, 0.4) is 0 Å². The van der Waals surface area contributed by atoms with Crippen LogP contribution >= 0.6 is 0 Å². The number of fused-ring (bicyclic) bond motifs is 1. The second-order valence-corrected chi connectivity index (χ2v) is 4.72. The Morgan fingerprint density at radius 3 is 2.50 bits per heavy atom. The van der Waals surface area contributed by atoms with Crippen molar-refractivity contribution in [2.24, 2.45) is 0 Å². The molecule has 2 rings (SSSR count). The maximum Gasteiger partial charge on any atom is 0.325 e. The van der Waals surface area contributed by atoms with Gasteiger partial charge in [0.05, 0.1) is 13.2 Å². The molecular weight excluding hydrogens is 258 g/mol. The van der Waals surface area contributed by atoms with Crippen LogP contribution in [0.15, 0.2) is 18.2 Å². The zero-order chi connectivity index (χ0) is 14.5. The molecule has 1 unspecified atom stereocenters. The molecule has 0 fully saturated rings. The molecule has 0 radical (unpaired) electrons. The lowest BCUT2D eigenvalue weighted by molar-refractivity contribution is -0.143. The number of hydrogen-bond acceptors (Lipinski definition) is 4. The molecule has 1 atom stereocenters. The third-order valence-corrected chi connectivity index (χ3v) is 3.50. The van der Waals surface area contributed by atoms with Crippen LogP contribution in [0, 0.1) is 0 Å². The van der Waals surface area contributed by atoms with Gasteiger partial charge in [-0.3, -0.25) is 9.69 Å². The Kier molecular flexibility index (Phi) is 4.84. The van der Waals surface area contributed by atoms with Crippen molar-refractivity contribution >= 4 is 5.97 Å². The van der Waals surface area contributed by atoms with Crippen molar-refractivity contribution in [2.75, 3.05) is 26.3 Å². The van der Waals surface area contributed by atoms with E-state index in [9.17, 15) is 9.90 Å². The Morgan fingerprint density at radius 2 is 1.90 bits per heavy atom. The van der Waals surface area contributed by atoms with Crippen LogP contribution in [0.4, 0.5) is 0 Å². The molecule has 0 spiro atoms. The van der Waals surface area contributed by atoms with E-state index >= 15 is 0 Å². The van der Waals surface area contributed by atoms with Gasteiger partial charge in [-0.15, -0.1) is 0 Å². The number of likely N-dealkylation sites (N-methyl/N-ethyl adjacent to an activating group) is 1. The maximum absolute atomic E-state index is 11.6. The van der Waals surface area contributed by atoms with Crippen molar-refractivity contribution in [3.63, 3.8) is 0 Å². The molecule has 1 N–H and O–H groups in total. The fourth-order valence-electron chi connectivity index (χ4n) is 2.45. The zero-order valence-electron chi connectivity index (χ0n) is 12.0. The predicted octanol–water partition coefficient (Wildman–Crippen LogP) is 2.32. The monoisotopic (exact) mass is 279 g/mol. The number of hydrogen-bond donors (Lipinski definition) is 1. The summed E-state index contributed by atoms with van der Waals surface area (Å²) in [7, 11) is 0. The minimum atomic E-state index is -0.844. The zero-order valence-corrected chi connectivity index (χ0v) is 12.0. The molecule has 1 aliphatic heterocycles. The molecule has 0 amide bonds. The second-order valence-electron chi connectivity index (χ2n) is 4.72. The van der Waals surface area contributed by atoms with Gasteiger partial charge >= 0.3 is 5.97 Å². The lowest BCUT2D eigenvalue weighted by Crippen LogP contribution is -2.33. The molecule has 1 aromatic rings. The molecule has 0 aliphatic carbocycles. The van der Waals surface area contributed by atoms with E-state index in [0.717, 1.165) is 12.0 Å². The second kappa shape index (κ2) is 6.61. The predicted molar refractivity (Wildman–Crippen MR) is 75.3 cm³/mol. The van der Waals surface area contributed by atoms with Crippen LogP contribution in [-0.2, 0) is 4.79 Å². The number of ether oxygens (including phenoxy) is 2. The van der Waals surface area contributed by atoms with Crippen LogP contribution in [0.2, 0.25) is 0 Å². The quantitative estimate of drug-likeness (QED) is 0.896. The fraction of sp³-hybridized carbons (Fsp3) is 0.533. The topological polar surface area (TPSA) is 59.0 Å². The summed E-state index contributed by atoms with van der Waals surface area (Å²) < 4.78 is 11.2. The lowest BCUT2D eigenvalue weighted by atomic mass is 10.0. The number of rotatable bonds is 5. The summed E-state index contributed by atoms with van der Waals surface area (Å²) in [5.74, 6) is 0.483. The third-order valence-electron chi connectivity index (χ3n) is 3.50. The minimum absolute atomic E-state index is 0.597. The van der Waals surface area contributed by atoms with Crippen LogP contribution in [-0.4, -0.2) is 42.3 Å². The number of carboxylic acids is 1. The van der Waals surface area contributed by atoms with Gasteiger partial charge in [0, 0.05) is 6.42 Å². The molecular formula is C15H21NO4. The maximum atomic E-state index is 11.6. The van der Waals surface area contributed by atoms with Gasteiger partial charge in [0.15, 0.2) is 11.5 Å². The largest absolute Gasteiger partial charge is 0.490 e. The van der Waals surface area contributed by atoms with Gasteiger partial charge in [-0.25, -0.2) is 0 Å². The van der Waals surface area contributed by atoms with Gasteiger partial charge in [-0.1, -0.05) is 19.9 Å². The van der Waals surface area contributed by atoms with Crippen molar-refractivity contribution in [3.05, 3.63) is 23.8 Å². The minimum Gasteiger partial charge on any atom is -0.490 e. The Balaban J connectivity index is 2.34. The van der Waals surface area contributed by atoms with Gasteiger partial charge in [-0.05, 0) is 30.8 Å². The molecule has 1 aromatic carbocycles. The average molecular weight is 279 g/mol. The lowest BCUT2D eigenvalue weighted by Gasteiger charge is -2.26. The first-order valence-corrected chi connectivity index (χ1v) is 7.03. The molecule has 20 heavy (non-hydrogen) atoms. The van der Waals surface area contributed by atoms with Crippen molar-refractivity contribution in [2.45, 2.75) is 26.3 Å². The van der Waals surface area contributed by atoms with Crippen molar-refractivity contribution in [1.29, 1.82) is 0 Å². The summed E-state index contributed by atoms with van der Waals surface area (Å²) >= 11 is 0. The number of nitrogens with zero attached hydrogens (tertiary/aromatic N) is 1. The van der Waals surface area contributed by atoms with Gasteiger partial charge in [0.2, 0.25) is 0 Å². The molecule has 1 aliphatic rings. The van der Waals surface area contributed by atoms with Crippen molar-refractivity contribution < 1.29 is 19.4 Å². The van der Waals surface area contributed by atoms with E-state index in [0.29, 0.717) is 37.8 Å². The Morgan fingerprint density at radius 1 is 1.25 bits per heavy atom. The normalized spacial score (nSPS) is 15.8. The number of carboxylic acid groups (broad SMARTS) is 1. The highest BCUT2D eigenvalue weighted by atomic mass is 16.5. The smallest absolute Gasteiger partial charge is 0.325 e. The van der Waals surface area contributed by atoms with Gasteiger partial charge < -0.3 is 14.6 Å². The molecule has 5 nitrogen and oxygen atoms in total. The van der Waals surface area contributed by atoms with E-state index in [1.165, 1.54) is 0 Å². The Bertz CT molecular complexity index is 471. The third kappa shape index (κ3) is 3.04. The average Bonchev–Trinajstić information content (AvgIpc) is 2.68. The van der Waals surface area contributed by atoms with E-state index in [1.807, 2.05) is 24.8 Å². The molecule has 0 aromatic heterocycles. The van der Waals surface area contributed by atoms with Crippen LogP contribution in [0.5, 0.6) is 11.5 Å². The summed E-state index contributed by atoms with van der Waals surface area (Å²) in [6.45, 7) is 6.51. The van der Waals surface area contributed by atoms with Gasteiger partial charge in [0.1, 0.15) is 6.04 Å². The highest BCUT2D eigenvalue weighted by Gasteiger charge is 2.26. The van der Waals surface area contributed by atoms with Gasteiger partial charge in [0.25, 0.3) is 0 Å². The summed E-state index contributed by atoms with van der Waals surface area (Å²) in [4.78, 5) is 13.5. The molecule has 0 saturated heterocycles. The molecule has 110 valence electrons. The molecule has 5 heteroatoms. The first-order chi connectivity index (χ1) is 9.67. The SMILES string of the molecule is CCN(CC)C(C(=O)O)c1ccc2c(c1)OCCCO2. The number of aliphatic carboxylic acids is 1. The standard InChI is InChI=1S/C15H21NO4/c1-3-16(4-2)14(15(17)18)11-6-7-12-13(10-11)20-9-5-8-19-12/h6-7,10,14H,3-5,8-9H2,1-2H3,(H,17,18). The van der Waals surface area contributed by atoms with Crippen LogP contribution in [0.1, 0.15) is 31.9 Å². The van der Waals surface area contributed by atoms with E-state index in [1.54, 1.807) is 12.1 Å². The first kappa shape index (κ1) is 14.7. The van der Waals surface area contributed by atoms with Crippen LogP contribution in [0.25, 0.3) is 0 Å². The van der Waals surface area contributed by atoms with Crippen LogP contribution < -0.4 is 9.47 Å². The first-order valence-electron chi connectivity index (χ1n) is 7.03. The summed E-state index contributed by atoms with van der Waals surface area (Å²) in [6.07, 6.45) is 0.836. The molecule has 1 heterocycles. The molecule has 0 saturated carbocycles. The van der Waals surface area contributed by atoms with E-state index in [-0.39, 0.29) is 0 Å². The van der Waals surface area contributed by atoms with Crippen molar-refractivity contribution in [1.82, 2.24) is 4.90 Å². The number of carbonyl (C=O) groups is 1. The van der Waals surface area contributed by atoms with Crippen molar-refractivity contribution in [3.8, 4) is 11.5 Å². The Hall–Kier alpha value is -1.75. The van der Waals surface area contributed by atoms with Gasteiger partial charge in [-0.2, -0.15) is 0 Å². The van der Waals surface area contributed by atoms with E-state index in [2.05, 4.69) is 0 Å². The summed E-state index contributed by atoms with van der Waals surface area (Å²) in [5, 5.41) is 9.51. The Labute approximate surface area is 119 Å². The summed E-state index contributed by atoms with van der Waals surface area (Å²) in [6, 6.07) is 4.75. The van der Waals surface area contributed by atoms with E-state index < -0.39 is 12.0 Å². The highest BCUT2D eigenvalue weighted by Crippen LogP contribution is 2.33. The summed E-state index contributed by atoms with van der Waals surface area (Å²) in [5.41, 5.74) is 0.727. The number of benzene rings is 1. The van der Waals surface area contributed by atoms with E-state index in [4.69, 9.17) is 9.47 Å². The molecule has 0 bridgehead atoms.